The lowest BCUT2D eigenvalue weighted by molar-refractivity contribution is 0.0451. The molecule has 0 unspecified atom stereocenters. The van der Waals surface area contributed by atoms with Crippen LogP contribution in [0.5, 0.6) is 11.5 Å². The summed E-state index contributed by atoms with van der Waals surface area (Å²) in [6, 6.07) is 33.1. The maximum atomic E-state index is 12.7. The summed E-state index contributed by atoms with van der Waals surface area (Å²) in [5.74, 6) is 1.43. The van der Waals surface area contributed by atoms with Crippen LogP contribution in [0.1, 0.15) is 72.4 Å². The number of benzene rings is 4. The monoisotopic (exact) mass is 506 g/mol. The number of rotatable bonds is 11. The molecular weight excluding hydrogens is 472 g/mol. The van der Waals surface area contributed by atoms with Crippen LogP contribution >= 0.6 is 0 Å². The first-order valence-electron chi connectivity index (χ1n) is 12.9. The third-order valence-corrected chi connectivity index (χ3v) is 6.42. The molecule has 0 fully saturated rings. The molecule has 194 valence electrons. The number of ketones is 2. The van der Waals surface area contributed by atoms with Gasteiger partial charge in [-0.3, -0.25) is 9.59 Å². The van der Waals surface area contributed by atoms with E-state index in [1.54, 1.807) is 24.3 Å². The lowest BCUT2D eigenvalue weighted by Crippen LogP contribution is -2.35. The van der Waals surface area contributed by atoms with Crippen molar-refractivity contribution in [2.75, 3.05) is 0 Å². The normalized spacial score (nSPS) is 11.6. The summed E-state index contributed by atoms with van der Waals surface area (Å²) in [7, 11) is 0. The third kappa shape index (κ3) is 7.19. The molecule has 0 saturated heterocycles. The fourth-order valence-electron chi connectivity index (χ4n) is 4.20. The predicted molar refractivity (Wildman–Crippen MR) is 151 cm³/mol. The summed E-state index contributed by atoms with van der Waals surface area (Å²) in [5, 5.41) is 0. The van der Waals surface area contributed by atoms with Gasteiger partial charge in [0.15, 0.2) is 11.6 Å². The highest BCUT2D eigenvalue weighted by molar-refractivity contribution is 6.09. The molecular formula is C34H34O4. The van der Waals surface area contributed by atoms with Crippen molar-refractivity contribution in [3.63, 3.8) is 0 Å². The van der Waals surface area contributed by atoms with Gasteiger partial charge in [0.05, 0.1) is 0 Å². The van der Waals surface area contributed by atoms with Crippen LogP contribution in [0.4, 0.5) is 0 Å². The highest BCUT2D eigenvalue weighted by Crippen LogP contribution is 2.29. The number of ether oxygens (including phenoxy) is 2. The molecule has 0 saturated carbocycles. The van der Waals surface area contributed by atoms with Gasteiger partial charge in [-0.2, -0.15) is 0 Å². The molecule has 4 aromatic carbocycles. The van der Waals surface area contributed by atoms with Gasteiger partial charge < -0.3 is 9.47 Å². The van der Waals surface area contributed by atoms with Gasteiger partial charge in [0, 0.05) is 22.3 Å². The zero-order valence-electron chi connectivity index (χ0n) is 22.4. The molecule has 38 heavy (non-hydrogen) atoms. The fourth-order valence-corrected chi connectivity index (χ4v) is 4.20. The smallest absolute Gasteiger partial charge is 0.193 e. The quantitative estimate of drug-likeness (QED) is 0.194. The van der Waals surface area contributed by atoms with Crippen LogP contribution in [0, 0.1) is 0 Å². The predicted octanol–water partition coefficient (Wildman–Crippen LogP) is 7.94. The molecule has 4 rings (SSSR count). The van der Waals surface area contributed by atoms with Crippen LogP contribution in [0.15, 0.2) is 109 Å². The SMILES string of the molecule is CC(C)(CCC(C)(C)Oc1ccc(C(=O)c2ccccc2)cc1)Oc1ccc(C(=O)c2ccccc2)cc1. The summed E-state index contributed by atoms with van der Waals surface area (Å²) >= 11 is 0. The summed E-state index contributed by atoms with van der Waals surface area (Å²) in [5.41, 5.74) is 1.73. The summed E-state index contributed by atoms with van der Waals surface area (Å²) in [6.07, 6.45) is 1.52. The van der Waals surface area contributed by atoms with Crippen LogP contribution < -0.4 is 9.47 Å². The number of carbonyl (C=O) groups is 2. The van der Waals surface area contributed by atoms with Gasteiger partial charge >= 0.3 is 0 Å². The number of carbonyl (C=O) groups excluding carboxylic acids is 2. The highest BCUT2D eigenvalue weighted by Gasteiger charge is 2.27. The molecule has 0 aliphatic rings. The molecule has 4 nitrogen and oxygen atoms in total. The molecule has 0 aliphatic heterocycles. The van der Waals surface area contributed by atoms with Crippen LogP contribution in [0.3, 0.4) is 0 Å². The standard InChI is InChI=1S/C34H34O4/c1-33(2,37-29-19-15-27(16-20-29)31(35)25-11-7-5-8-12-25)23-24-34(3,4)38-30-21-17-28(18-22-30)32(36)26-13-9-6-10-14-26/h5-22H,23-24H2,1-4H3. The molecule has 4 aromatic rings. The Bertz CT molecular complexity index is 1240. The van der Waals surface area contributed by atoms with Crippen LogP contribution in [0.2, 0.25) is 0 Å². The van der Waals surface area contributed by atoms with E-state index < -0.39 is 11.2 Å². The molecule has 0 aliphatic carbocycles. The Morgan fingerprint density at radius 2 is 0.763 bits per heavy atom. The average molecular weight is 507 g/mol. The molecule has 4 heteroatoms. The first-order valence-corrected chi connectivity index (χ1v) is 12.9. The lowest BCUT2D eigenvalue weighted by Gasteiger charge is -2.32. The Morgan fingerprint density at radius 3 is 1.08 bits per heavy atom. The van der Waals surface area contributed by atoms with Crippen molar-refractivity contribution in [1.82, 2.24) is 0 Å². The van der Waals surface area contributed by atoms with Gasteiger partial charge in [-0.1, -0.05) is 60.7 Å². The average Bonchev–Trinajstić information content (AvgIpc) is 2.93. The van der Waals surface area contributed by atoms with E-state index >= 15 is 0 Å². The second kappa shape index (κ2) is 11.5. The minimum atomic E-state index is -0.433. The van der Waals surface area contributed by atoms with Crippen molar-refractivity contribution in [3.8, 4) is 11.5 Å². The second-order valence-corrected chi connectivity index (χ2v) is 10.7. The van der Waals surface area contributed by atoms with Crippen molar-refractivity contribution in [2.24, 2.45) is 0 Å². The Morgan fingerprint density at radius 1 is 0.474 bits per heavy atom. The van der Waals surface area contributed by atoms with Crippen molar-refractivity contribution < 1.29 is 19.1 Å². The second-order valence-electron chi connectivity index (χ2n) is 10.7. The fraction of sp³-hybridized carbons (Fsp3) is 0.235. The summed E-state index contributed by atoms with van der Waals surface area (Å²) in [4.78, 5) is 25.3. The molecule has 0 bridgehead atoms. The van der Waals surface area contributed by atoms with Gasteiger partial charge in [-0.05, 0) is 89.1 Å². The van der Waals surface area contributed by atoms with Crippen LogP contribution in [0.25, 0.3) is 0 Å². The van der Waals surface area contributed by atoms with Crippen molar-refractivity contribution >= 4 is 11.6 Å². The summed E-state index contributed by atoms with van der Waals surface area (Å²) < 4.78 is 12.5. The van der Waals surface area contributed by atoms with E-state index in [2.05, 4.69) is 27.7 Å². The molecule has 0 amide bonds. The zero-order chi connectivity index (χ0) is 27.2. The highest BCUT2D eigenvalue weighted by atomic mass is 16.5. The molecule has 0 radical (unpaired) electrons. The van der Waals surface area contributed by atoms with Crippen molar-refractivity contribution in [2.45, 2.75) is 51.7 Å². The number of hydrogen-bond acceptors (Lipinski definition) is 4. The van der Waals surface area contributed by atoms with Gasteiger partial charge in [-0.15, -0.1) is 0 Å². The van der Waals surface area contributed by atoms with Gasteiger partial charge in [0.1, 0.15) is 22.7 Å². The van der Waals surface area contributed by atoms with Gasteiger partial charge in [-0.25, -0.2) is 0 Å². The Labute approximate surface area is 225 Å². The maximum absolute atomic E-state index is 12.7. The molecule has 0 aromatic heterocycles. The Balaban J connectivity index is 1.31. The van der Waals surface area contributed by atoms with E-state index in [4.69, 9.17) is 9.47 Å². The van der Waals surface area contributed by atoms with Gasteiger partial charge in [0.2, 0.25) is 0 Å². The van der Waals surface area contributed by atoms with Crippen molar-refractivity contribution in [3.05, 3.63) is 131 Å². The molecule has 0 heterocycles. The van der Waals surface area contributed by atoms with E-state index in [1.165, 1.54) is 0 Å². The lowest BCUT2D eigenvalue weighted by atomic mass is 9.93. The van der Waals surface area contributed by atoms with Crippen LogP contribution in [-0.2, 0) is 0 Å². The van der Waals surface area contributed by atoms with E-state index in [-0.39, 0.29) is 11.6 Å². The maximum Gasteiger partial charge on any atom is 0.193 e. The minimum Gasteiger partial charge on any atom is -0.488 e. The Kier molecular flexibility index (Phi) is 8.11. The number of hydrogen-bond donors (Lipinski definition) is 0. The van der Waals surface area contributed by atoms with E-state index in [0.29, 0.717) is 22.3 Å². The zero-order valence-corrected chi connectivity index (χ0v) is 22.4. The van der Waals surface area contributed by atoms with Gasteiger partial charge in [0.25, 0.3) is 0 Å². The van der Waals surface area contributed by atoms with E-state index in [9.17, 15) is 9.59 Å². The minimum absolute atomic E-state index is 0.00669. The summed E-state index contributed by atoms with van der Waals surface area (Å²) in [6.45, 7) is 8.21. The largest absolute Gasteiger partial charge is 0.488 e. The molecule has 0 atom stereocenters. The third-order valence-electron chi connectivity index (χ3n) is 6.42. The molecule has 0 spiro atoms. The topological polar surface area (TPSA) is 52.6 Å². The van der Waals surface area contributed by atoms with Crippen LogP contribution in [-0.4, -0.2) is 22.8 Å². The molecule has 0 N–H and O–H groups in total. The first kappa shape index (κ1) is 26.9. The Hall–Kier alpha value is -4.18. The van der Waals surface area contributed by atoms with E-state index in [0.717, 1.165) is 24.3 Å². The van der Waals surface area contributed by atoms with Crippen molar-refractivity contribution in [1.29, 1.82) is 0 Å². The van der Waals surface area contributed by atoms with E-state index in [1.807, 2.05) is 84.9 Å². The first-order chi connectivity index (χ1) is 18.1.